The minimum absolute atomic E-state index is 0.272. The van der Waals surface area contributed by atoms with Crippen molar-refractivity contribution in [1.82, 2.24) is 0 Å². The first-order valence-corrected chi connectivity index (χ1v) is 12.5. The van der Waals surface area contributed by atoms with Crippen molar-refractivity contribution in [3.8, 4) is 0 Å². The van der Waals surface area contributed by atoms with Gasteiger partial charge >= 0.3 is 11.9 Å². The molecule has 2 aliphatic heterocycles. The van der Waals surface area contributed by atoms with Crippen LogP contribution in [0.3, 0.4) is 0 Å². The minimum atomic E-state index is -0.832. The largest absolute Gasteiger partial charge is 0.455 e. The molecule has 0 aliphatic carbocycles. The zero-order chi connectivity index (χ0) is 24.4. The molecule has 7 nitrogen and oxygen atoms in total. The highest BCUT2D eigenvalue weighted by Gasteiger charge is 2.54. The summed E-state index contributed by atoms with van der Waals surface area (Å²) >= 11 is 1.50. The SMILES string of the molecule is CCS[C@@H]1O[C@@H]2CO[C@H](c3ccccc3)O[C@@H]2[C@H](OC(=O)C(C)(C)C)[C@H]1OC(=O)C(C)(C)C. The molecule has 184 valence electrons. The molecule has 0 N–H and O–H groups in total. The highest BCUT2D eigenvalue weighted by molar-refractivity contribution is 7.99. The number of fused-ring (bicyclic) bond motifs is 1. The maximum absolute atomic E-state index is 13.0. The fraction of sp³-hybridized carbons (Fsp3) is 0.680. The topological polar surface area (TPSA) is 80.3 Å². The standard InChI is InChI=1S/C25H36O7S/c1-8-33-21-19(32-23(27)25(5,6)7)18(31-22(26)24(2,3)4)17-16(29-21)14-28-20(30-17)15-12-10-9-11-13-15/h9-13,16-21H,8,14H2,1-7H3/t16-,17+,18+,19-,20+,21+/m1/s1. The van der Waals surface area contributed by atoms with E-state index in [0.29, 0.717) is 0 Å². The lowest BCUT2D eigenvalue weighted by Gasteiger charge is -2.49. The van der Waals surface area contributed by atoms with Crippen LogP contribution < -0.4 is 0 Å². The Kier molecular flexibility index (Phi) is 8.15. The van der Waals surface area contributed by atoms with Gasteiger partial charge in [-0.3, -0.25) is 9.59 Å². The molecule has 3 rings (SSSR count). The maximum Gasteiger partial charge on any atom is 0.311 e. The second-order valence-corrected chi connectivity index (χ2v) is 11.8. The average molecular weight is 481 g/mol. The van der Waals surface area contributed by atoms with Crippen LogP contribution in [0.15, 0.2) is 30.3 Å². The molecule has 0 saturated carbocycles. The zero-order valence-corrected chi connectivity index (χ0v) is 21.3. The number of hydrogen-bond donors (Lipinski definition) is 0. The van der Waals surface area contributed by atoms with Crippen molar-refractivity contribution in [2.45, 2.75) is 84.6 Å². The van der Waals surface area contributed by atoms with Crippen molar-refractivity contribution < 1.29 is 33.3 Å². The van der Waals surface area contributed by atoms with Gasteiger partial charge in [0.2, 0.25) is 0 Å². The molecule has 8 heteroatoms. The number of esters is 2. The number of carbonyl (C=O) groups is 2. The molecule has 0 spiro atoms. The molecular weight excluding hydrogens is 444 g/mol. The van der Waals surface area contributed by atoms with Gasteiger partial charge in [-0.25, -0.2) is 0 Å². The van der Waals surface area contributed by atoms with E-state index in [-0.39, 0.29) is 12.6 Å². The molecular formula is C25H36O7S. The Morgan fingerprint density at radius 1 is 0.939 bits per heavy atom. The molecule has 0 amide bonds. The monoisotopic (exact) mass is 480 g/mol. The zero-order valence-electron chi connectivity index (χ0n) is 20.5. The Bertz CT molecular complexity index is 814. The molecule has 6 atom stereocenters. The molecule has 0 radical (unpaired) electrons. The first-order valence-electron chi connectivity index (χ1n) is 11.4. The van der Waals surface area contributed by atoms with Crippen molar-refractivity contribution in [2.75, 3.05) is 12.4 Å². The Hall–Kier alpha value is -1.61. The molecule has 33 heavy (non-hydrogen) atoms. The van der Waals surface area contributed by atoms with Crippen LogP contribution in [0.2, 0.25) is 0 Å². The molecule has 2 fully saturated rings. The summed E-state index contributed by atoms with van der Waals surface area (Å²) in [6.45, 7) is 13.0. The van der Waals surface area contributed by atoms with Crippen LogP contribution in [0.25, 0.3) is 0 Å². The number of ether oxygens (including phenoxy) is 5. The van der Waals surface area contributed by atoms with Gasteiger partial charge in [0.15, 0.2) is 18.5 Å². The van der Waals surface area contributed by atoms with E-state index >= 15 is 0 Å². The fourth-order valence-electron chi connectivity index (χ4n) is 3.48. The predicted octanol–water partition coefficient (Wildman–Crippen LogP) is 4.49. The smallest absolute Gasteiger partial charge is 0.311 e. The molecule has 2 heterocycles. The third kappa shape index (κ3) is 6.29. The second kappa shape index (κ2) is 10.3. The third-order valence-electron chi connectivity index (χ3n) is 5.40. The van der Waals surface area contributed by atoms with Crippen LogP contribution in [0, 0.1) is 10.8 Å². The van der Waals surface area contributed by atoms with Gasteiger partial charge in [0.25, 0.3) is 0 Å². The summed E-state index contributed by atoms with van der Waals surface area (Å²) in [5.41, 5.74) is -1.12. The number of rotatable bonds is 5. The molecule has 1 aromatic rings. The van der Waals surface area contributed by atoms with Gasteiger partial charge in [-0.05, 0) is 47.3 Å². The fourth-order valence-corrected chi connectivity index (χ4v) is 4.43. The normalized spacial score (nSPS) is 30.3. The summed E-state index contributed by atoms with van der Waals surface area (Å²) < 4.78 is 30.5. The minimum Gasteiger partial charge on any atom is -0.455 e. The van der Waals surface area contributed by atoms with Crippen molar-refractivity contribution in [2.24, 2.45) is 10.8 Å². The maximum atomic E-state index is 13.0. The van der Waals surface area contributed by atoms with E-state index in [0.717, 1.165) is 11.3 Å². The van der Waals surface area contributed by atoms with Crippen LogP contribution in [0.5, 0.6) is 0 Å². The molecule has 0 aromatic heterocycles. The number of thioether (sulfide) groups is 1. The molecule has 2 saturated heterocycles. The average Bonchev–Trinajstić information content (AvgIpc) is 2.74. The van der Waals surface area contributed by atoms with E-state index in [1.54, 1.807) is 41.5 Å². The van der Waals surface area contributed by atoms with E-state index in [2.05, 4.69) is 0 Å². The Balaban J connectivity index is 1.95. The first kappa shape index (κ1) is 26.0. The van der Waals surface area contributed by atoms with Crippen molar-refractivity contribution in [3.05, 3.63) is 35.9 Å². The molecule has 0 bridgehead atoms. The Morgan fingerprint density at radius 3 is 2.06 bits per heavy atom. The lowest BCUT2D eigenvalue weighted by molar-refractivity contribution is -0.322. The highest BCUT2D eigenvalue weighted by Crippen LogP contribution is 2.40. The van der Waals surface area contributed by atoms with Gasteiger partial charge in [0, 0.05) is 5.56 Å². The van der Waals surface area contributed by atoms with E-state index in [4.69, 9.17) is 23.7 Å². The Labute approximate surface area is 200 Å². The van der Waals surface area contributed by atoms with Crippen LogP contribution in [0.1, 0.15) is 60.3 Å². The predicted molar refractivity (Wildman–Crippen MR) is 125 cm³/mol. The quantitative estimate of drug-likeness (QED) is 0.570. The number of benzene rings is 1. The third-order valence-corrected chi connectivity index (χ3v) is 6.44. The van der Waals surface area contributed by atoms with Gasteiger partial charge in [-0.2, -0.15) is 0 Å². The lowest BCUT2D eigenvalue weighted by Crippen LogP contribution is -2.63. The molecule has 2 aliphatic rings. The van der Waals surface area contributed by atoms with E-state index < -0.39 is 52.9 Å². The van der Waals surface area contributed by atoms with Gasteiger partial charge in [0.05, 0.1) is 17.4 Å². The first-order chi connectivity index (χ1) is 15.4. The highest BCUT2D eigenvalue weighted by atomic mass is 32.2. The van der Waals surface area contributed by atoms with Gasteiger partial charge < -0.3 is 23.7 Å². The van der Waals surface area contributed by atoms with Crippen LogP contribution in [-0.2, 0) is 33.3 Å². The van der Waals surface area contributed by atoms with Crippen molar-refractivity contribution in [1.29, 1.82) is 0 Å². The van der Waals surface area contributed by atoms with Crippen molar-refractivity contribution >= 4 is 23.7 Å². The summed E-state index contributed by atoms with van der Waals surface area (Å²) in [6, 6.07) is 9.56. The van der Waals surface area contributed by atoms with Gasteiger partial charge in [-0.15, -0.1) is 11.8 Å². The van der Waals surface area contributed by atoms with Crippen molar-refractivity contribution in [3.63, 3.8) is 0 Å². The van der Waals surface area contributed by atoms with Gasteiger partial charge in [0.1, 0.15) is 17.6 Å². The van der Waals surface area contributed by atoms with E-state index in [9.17, 15) is 9.59 Å². The summed E-state index contributed by atoms with van der Waals surface area (Å²) in [6.07, 6.45) is -3.40. The summed E-state index contributed by atoms with van der Waals surface area (Å²) in [4.78, 5) is 25.8. The summed E-state index contributed by atoms with van der Waals surface area (Å²) in [5, 5.41) is 0. The van der Waals surface area contributed by atoms with E-state index in [1.807, 2.05) is 37.3 Å². The second-order valence-electron chi connectivity index (χ2n) is 10.4. The summed E-state index contributed by atoms with van der Waals surface area (Å²) in [5.74, 6) is -0.0452. The number of carbonyl (C=O) groups excluding carboxylic acids is 2. The number of hydrogen-bond acceptors (Lipinski definition) is 8. The lowest BCUT2D eigenvalue weighted by atomic mass is 9.94. The van der Waals surface area contributed by atoms with Crippen LogP contribution in [0.4, 0.5) is 0 Å². The van der Waals surface area contributed by atoms with E-state index in [1.165, 1.54) is 11.8 Å². The summed E-state index contributed by atoms with van der Waals surface area (Å²) in [7, 11) is 0. The van der Waals surface area contributed by atoms with Crippen LogP contribution in [-0.4, -0.2) is 54.2 Å². The molecule has 0 unspecified atom stereocenters. The Morgan fingerprint density at radius 2 is 1.52 bits per heavy atom. The van der Waals surface area contributed by atoms with Gasteiger partial charge in [-0.1, -0.05) is 37.3 Å². The van der Waals surface area contributed by atoms with Crippen LogP contribution >= 0.6 is 11.8 Å². The molecule has 1 aromatic carbocycles.